The molecule has 0 bridgehead atoms. The Balaban J connectivity index is 2.32. The Kier molecular flexibility index (Phi) is 1.79. The fourth-order valence-electron chi connectivity index (χ4n) is 1.38. The molecule has 11 heavy (non-hydrogen) atoms. The minimum Gasteiger partial charge on any atom is -0.0651 e. The molecule has 0 saturated carbocycles. The van der Waals surface area contributed by atoms with Crippen molar-refractivity contribution in [3.8, 4) is 0 Å². The molecule has 2 aliphatic rings. The van der Waals surface area contributed by atoms with Crippen molar-refractivity contribution in [2.24, 2.45) is 0 Å². The van der Waals surface area contributed by atoms with Crippen LogP contribution < -0.4 is 0 Å². The zero-order valence-electron chi connectivity index (χ0n) is 6.59. The summed E-state index contributed by atoms with van der Waals surface area (Å²) in [6.45, 7) is 2.23. The summed E-state index contributed by atoms with van der Waals surface area (Å²) in [7, 11) is 1.30. The van der Waals surface area contributed by atoms with Crippen LogP contribution in [0.1, 0.15) is 19.8 Å². The highest BCUT2D eigenvalue weighted by Gasteiger charge is 2.14. The van der Waals surface area contributed by atoms with E-state index in [1.165, 1.54) is 32.2 Å². The minimum atomic E-state index is 1.23. The summed E-state index contributed by atoms with van der Waals surface area (Å²) in [6.07, 6.45) is 8.93. The summed E-state index contributed by atoms with van der Waals surface area (Å²) < 4.78 is 0. The summed E-state index contributed by atoms with van der Waals surface area (Å²) in [5.74, 6) is 3.35. The number of allylic oxidation sites excluding steroid dienone is 6. The molecule has 0 saturated heterocycles. The number of hydrogen-bond donors (Lipinski definition) is 0. The van der Waals surface area contributed by atoms with E-state index in [1.807, 2.05) is 0 Å². The number of rotatable bonds is 2. The number of fused-ring (bicyclic) bond motifs is 1. The van der Waals surface area contributed by atoms with Crippen LogP contribution in [0.3, 0.4) is 0 Å². The molecule has 0 fully saturated rings. The second-order valence-corrected chi connectivity index (χ2v) is 3.76. The smallest absolute Gasteiger partial charge is 0.0224 e. The normalized spacial score (nSPS) is 21.0. The van der Waals surface area contributed by atoms with Gasteiger partial charge in [0.05, 0.1) is 0 Å². The van der Waals surface area contributed by atoms with Gasteiger partial charge < -0.3 is 0 Å². The molecule has 1 radical (unpaired) electrons. The van der Waals surface area contributed by atoms with E-state index in [4.69, 9.17) is 0 Å². The zero-order chi connectivity index (χ0) is 7.68. The third-order valence-corrected chi connectivity index (χ3v) is 3.01. The molecule has 1 aliphatic carbocycles. The number of hydrogen-bond acceptors (Lipinski definition) is 0. The van der Waals surface area contributed by atoms with Crippen molar-refractivity contribution in [2.45, 2.75) is 19.8 Å². The van der Waals surface area contributed by atoms with E-state index < -0.39 is 0 Å². The maximum Gasteiger partial charge on any atom is 0.0224 e. The molecule has 0 aromatic heterocycles. The summed E-state index contributed by atoms with van der Waals surface area (Å²) in [4.78, 5) is 0. The molecule has 0 aromatic carbocycles. The highest BCUT2D eigenvalue weighted by atomic mass is 31.1. The topological polar surface area (TPSA) is 0 Å². The predicted octanol–water partition coefficient (Wildman–Crippen LogP) is 3.18. The van der Waals surface area contributed by atoms with E-state index in [9.17, 15) is 0 Å². The molecule has 0 nitrogen and oxygen atoms in total. The van der Waals surface area contributed by atoms with Gasteiger partial charge in [0.2, 0.25) is 0 Å². The molecule has 1 heterocycles. The van der Waals surface area contributed by atoms with Crippen molar-refractivity contribution < 1.29 is 0 Å². The molecule has 1 aliphatic heterocycles. The first-order valence-corrected chi connectivity index (χ1v) is 4.90. The Bertz CT molecular complexity index is 290. The van der Waals surface area contributed by atoms with E-state index in [0.717, 1.165) is 0 Å². The van der Waals surface area contributed by atoms with E-state index >= 15 is 0 Å². The van der Waals surface area contributed by atoms with Gasteiger partial charge in [-0.15, -0.1) is 0 Å². The minimum absolute atomic E-state index is 1.23. The van der Waals surface area contributed by atoms with Crippen LogP contribution in [0.25, 0.3) is 0 Å². The second-order valence-electron chi connectivity index (χ2n) is 2.77. The van der Waals surface area contributed by atoms with Crippen LogP contribution in [-0.4, -0.2) is 5.80 Å². The van der Waals surface area contributed by atoms with Crippen LogP contribution in [0.4, 0.5) is 0 Å². The van der Waals surface area contributed by atoms with Crippen molar-refractivity contribution in [3.63, 3.8) is 0 Å². The Labute approximate surface area is 69.1 Å². The lowest BCUT2D eigenvalue weighted by molar-refractivity contribution is 0.943. The molecule has 0 atom stereocenters. The Hall–Kier alpha value is -0.610. The molecule has 0 aromatic rings. The molecular weight excluding hydrogens is 151 g/mol. The van der Waals surface area contributed by atoms with E-state index in [-0.39, 0.29) is 0 Å². The molecule has 0 spiro atoms. The van der Waals surface area contributed by atoms with Gasteiger partial charge in [-0.1, -0.05) is 39.8 Å². The lowest BCUT2D eigenvalue weighted by atomic mass is 10.1. The van der Waals surface area contributed by atoms with Crippen LogP contribution in [0.5, 0.6) is 0 Å². The molecule has 0 unspecified atom stereocenters. The van der Waals surface area contributed by atoms with Gasteiger partial charge in [0, 0.05) is 5.80 Å². The Morgan fingerprint density at radius 3 is 3.27 bits per heavy atom. The van der Waals surface area contributed by atoms with Crippen molar-refractivity contribution in [1.29, 1.82) is 0 Å². The molecule has 0 N–H and O–H groups in total. The fourth-order valence-corrected chi connectivity index (χ4v) is 2.49. The van der Waals surface area contributed by atoms with Gasteiger partial charge in [-0.3, -0.25) is 0 Å². The highest BCUT2D eigenvalue weighted by Crippen LogP contribution is 2.36. The highest BCUT2D eigenvalue weighted by molar-refractivity contribution is 7.44. The van der Waals surface area contributed by atoms with Crippen LogP contribution in [0, 0.1) is 0 Å². The molecule has 1 heteroatoms. The third-order valence-electron chi connectivity index (χ3n) is 1.92. The summed E-state index contributed by atoms with van der Waals surface area (Å²) in [5, 5.41) is 1.55. The summed E-state index contributed by atoms with van der Waals surface area (Å²) in [6, 6.07) is 0. The molecular formula is C10H10P. The third kappa shape index (κ3) is 1.12. The lowest BCUT2D eigenvalue weighted by Crippen LogP contribution is -1.79. The van der Waals surface area contributed by atoms with Crippen molar-refractivity contribution in [3.05, 3.63) is 34.7 Å². The quantitative estimate of drug-likeness (QED) is 0.545. The molecule has 2 rings (SSSR count). The maximum atomic E-state index is 3.35. The first-order valence-electron chi connectivity index (χ1n) is 4.00. The summed E-state index contributed by atoms with van der Waals surface area (Å²) in [5.41, 5.74) is 2.75. The average Bonchev–Trinajstić information content (AvgIpc) is 2.53. The lowest BCUT2D eigenvalue weighted by Gasteiger charge is -1.97. The second kappa shape index (κ2) is 2.79. The van der Waals surface area contributed by atoms with Gasteiger partial charge in [-0.25, -0.2) is 0 Å². The van der Waals surface area contributed by atoms with Crippen molar-refractivity contribution in [2.75, 3.05) is 0 Å². The van der Waals surface area contributed by atoms with Crippen LogP contribution in [-0.2, 0) is 0 Å². The first-order chi connectivity index (χ1) is 5.42. The van der Waals surface area contributed by atoms with Gasteiger partial charge in [0.15, 0.2) is 0 Å². The van der Waals surface area contributed by atoms with Crippen molar-refractivity contribution in [1.82, 2.24) is 0 Å². The van der Waals surface area contributed by atoms with E-state index in [1.54, 1.807) is 5.31 Å². The summed E-state index contributed by atoms with van der Waals surface area (Å²) >= 11 is 0. The van der Waals surface area contributed by atoms with E-state index in [2.05, 4.69) is 30.9 Å². The SMILES string of the molecule is CCCC1=C2C=CC=C2[C]=P1. The zero-order valence-corrected chi connectivity index (χ0v) is 7.49. The van der Waals surface area contributed by atoms with E-state index in [0.29, 0.717) is 0 Å². The van der Waals surface area contributed by atoms with Gasteiger partial charge in [0.1, 0.15) is 0 Å². The van der Waals surface area contributed by atoms with Crippen LogP contribution in [0.2, 0.25) is 0 Å². The van der Waals surface area contributed by atoms with Gasteiger partial charge in [0.25, 0.3) is 0 Å². The standard InChI is InChI=1S/C10H10P/c1-2-4-10-9-6-3-5-8(9)7-11-10/h3,5-6H,2,4H2,1H3. The van der Waals surface area contributed by atoms with Crippen LogP contribution >= 0.6 is 8.20 Å². The molecule has 55 valence electrons. The Morgan fingerprint density at radius 1 is 1.55 bits per heavy atom. The predicted molar refractivity (Wildman–Crippen MR) is 51.1 cm³/mol. The van der Waals surface area contributed by atoms with Gasteiger partial charge >= 0.3 is 0 Å². The fraction of sp³-hybridized carbons (Fsp3) is 0.300. The Morgan fingerprint density at radius 2 is 2.45 bits per heavy atom. The molecule has 0 amide bonds. The van der Waals surface area contributed by atoms with Crippen LogP contribution in [0.15, 0.2) is 34.7 Å². The largest absolute Gasteiger partial charge is 0.0651 e. The first kappa shape index (κ1) is 7.06. The van der Waals surface area contributed by atoms with Gasteiger partial charge in [-0.2, -0.15) is 0 Å². The average molecular weight is 161 g/mol. The van der Waals surface area contributed by atoms with Gasteiger partial charge in [-0.05, 0) is 22.9 Å². The van der Waals surface area contributed by atoms with Crippen molar-refractivity contribution >= 4 is 14.0 Å². The maximum absolute atomic E-state index is 3.35. The monoisotopic (exact) mass is 161 g/mol.